The fourth-order valence-corrected chi connectivity index (χ4v) is 0.185. The maximum absolute atomic E-state index is 11.3. The molecule has 0 aliphatic carbocycles. The van der Waals surface area contributed by atoms with Crippen LogP contribution in [0.1, 0.15) is 0 Å². The van der Waals surface area contributed by atoms with Crippen LogP contribution in [0.15, 0.2) is 0 Å². The second-order valence-electron chi connectivity index (χ2n) is 1.26. The molecule has 0 aliphatic heterocycles. The summed E-state index contributed by atoms with van der Waals surface area (Å²) >= 11 is 0. The Labute approximate surface area is 57.0 Å². The lowest BCUT2D eigenvalue weighted by molar-refractivity contribution is 0.0854. The summed E-state index contributed by atoms with van der Waals surface area (Å²) < 4.78 is 33.9. The molecule has 1 atom stereocenters. The monoisotopic (exact) mass is 164 g/mol. The Kier molecular flexibility index (Phi) is 8.00. The molecule has 0 heterocycles. The molecule has 9 heavy (non-hydrogen) atoms. The smallest absolute Gasteiger partial charge is 0.257 e. The van der Waals surface area contributed by atoms with Crippen molar-refractivity contribution in [2.24, 2.45) is 5.84 Å². The molecular formula is C3H8ClF3N2. The second-order valence-corrected chi connectivity index (χ2v) is 1.26. The number of hydrogen-bond acceptors (Lipinski definition) is 2. The first-order valence-electron chi connectivity index (χ1n) is 2.02. The molecule has 0 fully saturated rings. The summed E-state index contributed by atoms with van der Waals surface area (Å²) in [6.45, 7) is -1.14. The zero-order chi connectivity index (χ0) is 6.57. The highest BCUT2D eigenvalue weighted by atomic mass is 35.5. The van der Waals surface area contributed by atoms with Crippen LogP contribution in [0.3, 0.4) is 0 Å². The molecule has 0 aliphatic rings. The van der Waals surface area contributed by atoms with Gasteiger partial charge in [0.25, 0.3) is 6.43 Å². The summed E-state index contributed by atoms with van der Waals surface area (Å²) in [6.07, 6.45) is -2.73. The zero-order valence-corrected chi connectivity index (χ0v) is 5.30. The molecule has 0 saturated carbocycles. The van der Waals surface area contributed by atoms with Gasteiger partial charge in [0.1, 0.15) is 12.7 Å². The van der Waals surface area contributed by atoms with Gasteiger partial charge in [0.15, 0.2) is 0 Å². The van der Waals surface area contributed by atoms with Gasteiger partial charge in [-0.2, -0.15) is 0 Å². The maximum atomic E-state index is 11.3. The molecular weight excluding hydrogens is 156 g/mol. The molecule has 0 aromatic heterocycles. The minimum Gasteiger partial charge on any atom is -0.271 e. The first-order valence-corrected chi connectivity index (χ1v) is 2.02. The Bertz CT molecular complexity index is 59.0. The Morgan fingerprint density at radius 1 is 1.44 bits per heavy atom. The summed E-state index contributed by atoms with van der Waals surface area (Å²) in [5.41, 5.74) is 1.63. The maximum Gasteiger partial charge on any atom is 0.257 e. The van der Waals surface area contributed by atoms with Crippen molar-refractivity contribution < 1.29 is 13.2 Å². The average molecular weight is 165 g/mol. The van der Waals surface area contributed by atoms with Crippen LogP contribution in [0.25, 0.3) is 0 Å². The largest absolute Gasteiger partial charge is 0.271 e. The van der Waals surface area contributed by atoms with Crippen LogP contribution < -0.4 is 11.3 Å². The van der Waals surface area contributed by atoms with Crippen molar-refractivity contribution in [2.45, 2.75) is 12.5 Å². The molecule has 0 rings (SSSR count). The van der Waals surface area contributed by atoms with Gasteiger partial charge in [0, 0.05) is 0 Å². The lowest BCUT2D eigenvalue weighted by Gasteiger charge is -2.08. The molecule has 0 spiro atoms. The molecule has 0 aromatic carbocycles. The summed E-state index contributed by atoms with van der Waals surface area (Å²) in [4.78, 5) is 0. The van der Waals surface area contributed by atoms with E-state index in [1.165, 1.54) is 0 Å². The molecule has 2 nitrogen and oxygen atoms in total. The Morgan fingerprint density at radius 3 is 1.89 bits per heavy atom. The summed E-state index contributed by atoms with van der Waals surface area (Å²) in [6, 6.07) is -1.52. The molecule has 0 bridgehead atoms. The van der Waals surface area contributed by atoms with Crippen molar-refractivity contribution in [1.82, 2.24) is 5.43 Å². The van der Waals surface area contributed by atoms with E-state index in [0.29, 0.717) is 0 Å². The van der Waals surface area contributed by atoms with Gasteiger partial charge in [0.05, 0.1) is 0 Å². The zero-order valence-electron chi connectivity index (χ0n) is 4.48. The summed E-state index contributed by atoms with van der Waals surface area (Å²) in [7, 11) is 0. The first kappa shape index (κ1) is 11.8. The quantitative estimate of drug-likeness (QED) is 0.470. The van der Waals surface area contributed by atoms with Crippen LogP contribution in [0.4, 0.5) is 13.2 Å². The molecule has 0 saturated heterocycles. The van der Waals surface area contributed by atoms with Gasteiger partial charge >= 0.3 is 0 Å². The molecule has 0 aromatic rings. The first-order chi connectivity index (χ1) is 3.72. The number of halogens is 4. The standard InChI is InChI=1S/C3H7F3N2.ClH/c4-1-2(8-7)3(5)6;/h2-3,8H,1,7H2;1H. The van der Waals surface area contributed by atoms with E-state index < -0.39 is 19.1 Å². The summed E-state index contributed by atoms with van der Waals surface area (Å²) in [5.74, 6) is 4.51. The number of alkyl halides is 3. The van der Waals surface area contributed by atoms with Crippen LogP contribution in [-0.2, 0) is 0 Å². The Balaban J connectivity index is 0. The van der Waals surface area contributed by atoms with E-state index in [-0.39, 0.29) is 12.4 Å². The second kappa shape index (κ2) is 6.12. The lowest BCUT2D eigenvalue weighted by Crippen LogP contribution is -2.42. The van der Waals surface area contributed by atoms with Crippen molar-refractivity contribution in [3.05, 3.63) is 0 Å². The van der Waals surface area contributed by atoms with Gasteiger partial charge in [-0.3, -0.25) is 5.84 Å². The number of hydrazine groups is 1. The van der Waals surface area contributed by atoms with E-state index in [4.69, 9.17) is 0 Å². The van der Waals surface area contributed by atoms with Gasteiger partial charge in [-0.1, -0.05) is 0 Å². The van der Waals surface area contributed by atoms with Crippen molar-refractivity contribution >= 4 is 12.4 Å². The third-order valence-electron chi connectivity index (χ3n) is 0.684. The highest BCUT2D eigenvalue weighted by molar-refractivity contribution is 5.85. The van der Waals surface area contributed by atoms with Crippen LogP contribution in [0.2, 0.25) is 0 Å². The Hall–Kier alpha value is -0.0000000000000000555. The molecule has 0 amide bonds. The van der Waals surface area contributed by atoms with Gasteiger partial charge in [-0.15, -0.1) is 12.4 Å². The van der Waals surface area contributed by atoms with E-state index in [9.17, 15) is 13.2 Å². The molecule has 1 unspecified atom stereocenters. The van der Waals surface area contributed by atoms with E-state index in [1.807, 2.05) is 0 Å². The van der Waals surface area contributed by atoms with E-state index in [2.05, 4.69) is 5.84 Å². The number of hydrogen-bond donors (Lipinski definition) is 2. The van der Waals surface area contributed by atoms with Gasteiger partial charge < -0.3 is 0 Å². The number of nitrogens with two attached hydrogens (primary N) is 1. The normalized spacial score (nSPS) is 13.0. The highest BCUT2D eigenvalue weighted by Crippen LogP contribution is 1.98. The van der Waals surface area contributed by atoms with Crippen molar-refractivity contribution in [1.29, 1.82) is 0 Å². The van der Waals surface area contributed by atoms with Crippen LogP contribution in [0.5, 0.6) is 0 Å². The van der Waals surface area contributed by atoms with E-state index in [1.54, 1.807) is 5.43 Å². The fraction of sp³-hybridized carbons (Fsp3) is 1.00. The average Bonchev–Trinajstić information content (AvgIpc) is 1.69. The van der Waals surface area contributed by atoms with Gasteiger partial charge in [0.2, 0.25) is 0 Å². The lowest BCUT2D eigenvalue weighted by atomic mass is 10.4. The van der Waals surface area contributed by atoms with E-state index in [0.717, 1.165) is 0 Å². The molecule has 6 heteroatoms. The Morgan fingerprint density at radius 2 is 1.89 bits per heavy atom. The van der Waals surface area contributed by atoms with Crippen LogP contribution in [-0.4, -0.2) is 19.1 Å². The molecule has 3 N–H and O–H groups in total. The van der Waals surface area contributed by atoms with E-state index >= 15 is 0 Å². The SMILES string of the molecule is Cl.NNC(CF)C(F)F. The predicted molar refractivity (Wildman–Crippen MR) is 30.3 cm³/mol. The van der Waals surface area contributed by atoms with Crippen molar-refractivity contribution in [3.8, 4) is 0 Å². The number of rotatable bonds is 3. The molecule has 58 valence electrons. The highest BCUT2D eigenvalue weighted by Gasteiger charge is 2.17. The minimum absolute atomic E-state index is 0. The minimum atomic E-state index is -2.73. The predicted octanol–water partition coefficient (Wildman–Crippen LogP) is 0.475. The van der Waals surface area contributed by atoms with Gasteiger partial charge in [-0.05, 0) is 0 Å². The third kappa shape index (κ3) is 4.50. The fourth-order valence-electron chi connectivity index (χ4n) is 0.185. The summed E-state index contributed by atoms with van der Waals surface area (Å²) in [5, 5.41) is 0. The number of nitrogens with one attached hydrogen (secondary N) is 1. The van der Waals surface area contributed by atoms with Gasteiger partial charge in [-0.25, -0.2) is 18.6 Å². The third-order valence-corrected chi connectivity index (χ3v) is 0.684. The van der Waals surface area contributed by atoms with Crippen LogP contribution >= 0.6 is 12.4 Å². The van der Waals surface area contributed by atoms with Crippen molar-refractivity contribution in [2.75, 3.05) is 6.67 Å². The van der Waals surface area contributed by atoms with Crippen LogP contribution in [0, 0.1) is 0 Å². The van der Waals surface area contributed by atoms with Crippen molar-refractivity contribution in [3.63, 3.8) is 0 Å². The molecule has 0 radical (unpaired) electrons. The topological polar surface area (TPSA) is 38.0 Å².